The molecule has 0 bridgehead atoms. The molecule has 1 N–H and O–H groups in total. The Morgan fingerprint density at radius 2 is 1.84 bits per heavy atom. The molecule has 2 saturated heterocycles. The molecule has 5 rings (SSSR count). The van der Waals surface area contributed by atoms with Gasteiger partial charge in [0.2, 0.25) is 5.91 Å². The maximum atomic E-state index is 12.3. The predicted octanol–water partition coefficient (Wildman–Crippen LogP) is 4.52. The first-order valence-corrected chi connectivity index (χ1v) is 13.8. The fourth-order valence-corrected chi connectivity index (χ4v) is 5.93. The highest BCUT2D eigenvalue weighted by Gasteiger charge is 2.33. The molecule has 1 amide bonds. The van der Waals surface area contributed by atoms with Gasteiger partial charge in [-0.05, 0) is 88.1 Å². The molecular weight excluding hydrogens is 462 g/mol. The SMILES string of the molecule is C[C@@H]1[C@H](CC(=O)N(C)C)CCCN1c1cnc(C#N)c(Nc2ccc(C3CCN(C4CC4)CC3)cc2)n1. The molecule has 2 atom stereocenters. The highest BCUT2D eigenvalue weighted by molar-refractivity contribution is 5.76. The van der Waals surface area contributed by atoms with Crippen molar-refractivity contribution in [3.05, 3.63) is 41.7 Å². The standard InChI is InChI=1S/C29H39N7O/c1-20-23(17-28(37)34(2)3)5-4-14-36(20)27-19-31-26(18-30)29(33-27)32-24-8-6-21(7-9-24)22-12-15-35(16-13-22)25-10-11-25/h6-9,19-20,22-23,25H,4-5,10-17H2,1-3H3,(H,32,33)/t20-,23+/m1/s1. The smallest absolute Gasteiger partial charge is 0.222 e. The minimum atomic E-state index is 0.156. The van der Waals surface area contributed by atoms with Crippen molar-refractivity contribution in [1.29, 1.82) is 5.26 Å². The number of carbonyl (C=O) groups excluding carboxylic acids is 1. The largest absolute Gasteiger partial charge is 0.352 e. The summed E-state index contributed by atoms with van der Waals surface area (Å²) in [6, 6.07) is 11.8. The number of nitriles is 1. The van der Waals surface area contributed by atoms with Gasteiger partial charge in [0.1, 0.15) is 11.9 Å². The number of nitrogens with one attached hydrogen (secondary N) is 1. The van der Waals surface area contributed by atoms with Gasteiger partial charge in [0.05, 0.1) is 6.20 Å². The van der Waals surface area contributed by atoms with Crippen molar-refractivity contribution in [3.63, 3.8) is 0 Å². The van der Waals surface area contributed by atoms with Crippen LogP contribution in [0.25, 0.3) is 0 Å². The van der Waals surface area contributed by atoms with Gasteiger partial charge in [-0.15, -0.1) is 0 Å². The van der Waals surface area contributed by atoms with Crippen molar-refractivity contribution in [2.45, 2.75) is 69.9 Å². The summed E-state index contributed by atoms with van der Waals surface area (Å²) in [7, 11) is 3.61. The van der Waals surface area contributed by atoms with Gasteiger partial charge in [0.15, 0.2) is 11.5 Å². The zero-order valence-corrected chi connectivity index (χ0v) is 22.4. The van der Waals surface area contributed by atoms with Crippen molar-refractivity contribution < 1.29 is 4.79 Å². The Balaban J connectivity index is 1.27. The first kappa shape index (κ1) is 25.5. The number of hydrogen-bond donors (Lipinski definition) is 1. The molecule has 0 spiro atoms. The molecular formula is C29H39N7O. The van der Waals surface area contributed by atoms with Gasteiger partial charge in [-0.3, -0.25) is 4.79 Å². The number of likely N-dealkylation sites (tertiary alicyclic amines) is 1. The predicted molar refractivity (Wildman–Crippen MR) is 146 cm³/mol. The lowest BCUT2D eigenvalue weighted by atomic mass is 9.87. The van der Waals surface area contributed by atoms with E-state index in [2.05, 4.69) is 57.4 Å². The maximum Gasteiger partial charge on any atom is 0.222 e. The Labute approximate surface area is 220 Å². The van der Waals surface area contributed by atoms with Crippen LogP contribution in [0.3, 0.4) is 0 Å². The number of nitrogens with zero attached hydrogens (tertiary/aromatic N) is 6. The van der Waals surface area contributed by atoms with Gasteiger partial charge < -0.3 is 20.0 Å². The molecule has 8 heteroatoms. The van der Waals surface area contributed by atoms with Crippen molar-refractivity contribution in [1.82, 2.24) is 19.8 Å². The van der Waals surface area contributed by atoms with Crippen LogP contribution >= 0.6 is 0 Å². The monoisotopic (exact) mass is 501 g/mol. The van der Waals surface area contributed by atoms with Gasteiger partial charge in [0, 0.05) is 44.8 Å². The average molecular weight is 502 g/mol. The van der Waals surface area contributed by atoms with Crippen LogP contribution in [0.4, 0.5) is 17.3 Å². The van der Waals surface area contributed by atoms with Crippen LogP contribution in [0.2, 0.25) is 0 Å². The summed E-state index contributed by atoms with van der Waals surface area (Å²) in [5.74, 6) is 2.26. The molecule has 1 aromatic carbocycles. The van der Waals surface area contributed by atoms with E-state index in [1.54, 1.807) is 11.1 Å². The van der Waals surface area contributed by atoms with Crippen molar-refractivity contribution in [2.24, 2.45) is 5.92 Å². The first-order valence-electron chi connectivity index (χ1n) is 13.8. The van der Waals surface area contributed by atoms with E-state index in [4.69, 9.17) is 4.98 Å². The summed E-state index contributed by atoms with van der Waals surface area (Å²) >= 11 is 0. The molecule has 1 saturated carbocycles. The molecule has 2 aromatic rings. The Morgan fingerprint density at radius 3 is 2.49 bits per heavy atom. The Kier molecular flexibility index (Phi) is 7.61. The number of anilines is 3. The second-order valence-electron chi connectivity index (χ2n) is 11.2. The summed E-state index contributed by atoms with van der Waals surface area (Å²) < 4.78 is 0. The number of piperidine rings is 2. The second-order valence-corrected chi connectivity index (χ2v) is 11.2. The van der Waals surface area contributed by atoms with E-state index in [1.165, 1.54) is 44.3 Å². The summed E-state index contributed by atoms with van der Waals surface area (Å²) in [6.45, 7) is 5.44. The molecule has 8 nitrogen and oxygen atoms in total. The lowest BCUT2D eigenvalue weighted by Gasteiger charge is -2.40. The molecule has 1 aromatic heterocycles. The van der Waals surface area contributed by atoms with Crippen LogP contribution in [0.5, 0.6) is 0 Å². The minimum absolute atomic E-state index is 0.156. The normalized spacial score (nSPS) is 22.9. The Hall–Kier alpha value is -3.18. The quantitative estimate of drug-likeness (QED) is 0.597. The number of carbonyl (C=O) groups is 1. The van der Waals surface area contributed by atoms with Crippen molar-refractivity contribution >= 4 is 23.2 Å². The van der Waals surface area contributed by atoms with E-state index >= 15 is 0 Å². The van der Waals surface area contributed by atoms with E-state index in [0.717, 1.165) is 36.9 Å². The van der Waals surface area contributed by atoms with Gasteiger partial charge in [-0.2, -0.15) is 5.26 Å². The fraction of sp³-hybridized carbons (Fsp3) is 0.586. The van der Waals surface area contributed by atoms with E-state index in [9.17, 15) is 10.1 Å². The summed E-state index contributed by atoms with van der Waals surface area (Å²) in [4.78, 5) is 28.2. The summed E-state index contributed by atoms with van der Waals surface area (Å²) in [6.07, 6.45) is 9.47. The zero-order chi connectivity index (χ0) is 25.9. The highest BCUT2D eigenvalue weighted by atomic mass is 16.2. The molecule has 2 aliphatic heterocycles. The molecule has 37 heavy (non-hydrogen) atoms. The minimum Gasteiger partial charge on any atom is -0.352 e. The van der Waals surface area contributed by atoms with Crippen LogP contribution in [0, 0.1) is 17.2 Å². The average Bonchev–Trinajstić information content (AvgIpc) is 3.76. The van der Waals surface area contributed by atoms with E-state index in [1.807, 2.05) is 14.1 Å². The number of aromatic nitrogens is 2. The van der Waals surface area contributed by atoms with E-state index in [0.29, 0.717) is 18.2 Å². The van der Waals surface area contributed by atoms with Crippen LogP contribution in [-0.2, 0) is 4.79 Å². The second kappa shape index (κ2) is 11.1. The molecule has 1 aliphatic carbocycles. The third kappa shape index (κ3) is 5.88. The lowest BCUT2D eigenvalue weighted by Crippen LogP contribution is -2.45. The number of benzene rings is 1. The van der Waals surface area contributed by atoms with Crippen LogP contribution < -0.4 is 10.2 Å². The van der Waals surface area contributed by atoms with Gasteiger partial charge in [-0.25, -0.2) is 9.97 Å². The number of hydrogen-bond acceptors (Lipinski definition) is 7. The molecule has 0 radical (unpaired) electrons. The topological polar surface area (TPSA) is 88.4 Å². The van der Waals surface area contributed by atoms with E-state index < -0.39 is 0 Å². The fourth-order valence-electron chi connectivity index (χ4n) is 5.93. The van der Waals surface area contributed by atoms with Gasteiger partial charge >= 0.3 is 0 Å². The molecule has 196 valence electrons. The van der Waals surface area contributed by atoms with Crippen LogP contribution in [0.15, 0.2) is 30.5 Å². The summed E-state index contributed by atoms with van der Waals surface area (Å²) in [5, 5.41) is 13.0. The molecule has 3 fully saturated rings. The highest BCUT2D eigenvalue weighted by Crippen LogP contribution is 2.35. The maximum absolute atomic E-state index is 12.3. The molecule has 0 unspecified atom stereocenters. The van der Waals surface area contributed by atoms with Gasteiger partial charge in [0.25, 0.3) is 0 Å². The van der Waals surface area contributed by atoms with Crippen LogP contribution in [-0.4, -0.2) is 71.5 Å². The number of amides is 1. The van der Waals surface area contributed by atoms with Crippen molar-refractivity contribution in [3.8, 4) is 6.07 Å². The summed E-state index contributed by atoms with van der Waals surface area (Å²) in [5.41, 5.74) is 2.58. The Morgan fingerprint density at radius 1 is 1.11 bits per heavy atom. The zero-order valence-electron chi connectivity index (χ0n) is 22.4. The molecule has 3 heterocycles. The van der Waals surface area contributed by atoms with E-state index in [-0.39, 0.29) is 23.6 Å². The third-order valence-electron chi connectivity index (χ3n) is 8.48. The lowest BCUT2D eigenvalue weighted by molar-refractivity contribution is -0.130. The Bertz CT molecular complexity index is 1130. The first-order chi connectivity index (χ1) is 17.9. The van der Waals surface area contributed by atoms with Crippen LogP contribution in [0.1, 0.15) is 69.0 Å². The van der Waals surface area contributed by atoms with Crippen molar-refractivity contribution in [2.75, 3.05) is 43.9 Å². The number of rotatable bonds is 7. The molecule has 3 aliphatic rings. The third-order valence-corrected chi connectivity index (χ3v) is 8.48. The van der Waals surface area contributed by atoms with Gasteiger partial charge in [-0.1, -0.05) is 12.1 Å².